The lowest BCUT2D eigenvalue weighted by Gasteiger charge is -2.33. The van der Waals surface area contributed by atoms with Gasteiger partial charge in [-0.15, -0.1) is 0 Å². The number of amides is 1. The molecule has 1 aromatic carbocycles. The molecule has 0 spiro atoms. The molecule has 0 atom stereocenters. The maximum Gasteiger partial charge on any atom is 0.265 e. The Bertz CT molecular complexity index is 512. The van der Waals surface area contributed by atoms with Gasteiger partial charge in [-0.3, -0.25) is 9.59 Å². The van der Waals surface area contributed by atoms with Crippen molar-refractivity contribution in [2.45, 2.75) is 6.42 Å². The van der Waals surface area contributed by atoms with E-state index >= 15 is 0 Å². The number of carbonyl (C=O) groups is 2. The van der Waals surface area contributed by atoms with E-state index < -0.39 is 5.82 Å². The first-order chi connectivity index (χ1) is 7.66. The van der Waals surface area contributed by atoms with Gasteiger partial charge < -0.3 is 9.64 Å². The first-order valence-electron chi connectivity index (χ1n) is 4.97. The van der Waals surface area contributed by atoms with Crippen molar-refractivity contribution < 1.29 is 18.7 Å². The van der Waals surface area contributed by atoms with Crippen LogP contribution < -0.4 is 9.64 Å². The molecule has 0 aliphatic carbocycles. The van der Waals surface area contributed by atoms with Gasteiger partial charge in [0, 0.05) is 24.6 Å². The van der Waals surface area contributed by atoms with E-state index in [1.807, 2.05) is 0 Å². The molecule has 5 heteroatoms. The third-order valence-corrected chi connectivity index (χ3v) is 2.82. The molecule has 0 aromatic heterocycles. The van der Waals surface area contributed by atoms with E-state index in [4.69, 9.17) is 4.74 Å². The van der Waals surface area contributed by atoms with Crippen LogP contribution in [0.1, 0.15) is 16.8 Å². The second kappa shape index (κ2) is 3.04. The number of carbonyl (C=O) groups excluding carboxylic acids is 2. The second-order valence-electron chi connectivity index (χ2n) is 3.81. The summed E-state index contributed by atoms with van der Waals surface area (Å²) in [5.74, 6) is -0.570. The van der Waals surface area contributed by atoms with E-state index in [0.717, 1.165) is 6.07 Å². The standard InChI is InChI=1S/C11H8FNO3/c12-6-3-7-8(14)1-2-13-10(15)5-16-9(4-6)11(7)13/h3-4H,1-2,5H2. The first-order valence-corrected chi connectivity index (χ1v) is 4.97. The molecule has 0 N–H and O–H groups in total. The Morgan fingerprint density at radius 2 is 2.12 bits per heavy atom. The van der Waals surface area contributed by atoms with Gasteiger partial charge in [-0.1, -0.05) is 0 Å². The molecule has 0 bridgehead atoms. The summed E-state index contributed by atoms with van der Waals surface area (Å²) in [5.41, 5.74) is 0.670. The number of anilines is 1. The largest absolute Gasteiger partial charge is 0.481 e. The maximum absolute atomic E-state index is 13.2. The van der Waals surface area contributed by atoms with Crippen LogP contribution >= 0.6 is 0 Å². The van der Waals surface area contributed by atoms with Crippen LogP contribution in [-0.2, 0) is 4.79 Å². The quantitative estimate of drug-likeness (QED) is 0.660. The highest BCUT2D eigenvalue weighted by molar-refractivity contribution is 6.11. The zero-order valence-electron chi connectivity index (χ0n) is 8.33. The molecular weight excluding hydrogens is 213 g/mol. The minimum absolute atomic E-state index is 0.0932. The number of rotatable bonds is 0. The van der Waals surface area contributed by atoms with E-state index in [-0.39, 0.29) is 36.0 Å². The van der Waals surface area contributed by atoms with Gasteiger partial charge in [-0.2, -0.15) is 0 Å². The van der Waals surface area contributed by atoms with Gasteiger partial charge in [0.1, 0.15) is 11.6 Å². The number of hydrogen-bond acceptors (Lipinski definition) is 3. The zero-order valence-corrected chi connectivity index (χ0v) is 8.33. The Morgan fingerprint density at radius 3 is 2.94 bits per heavy atom. The third kappa shape index (κ3) is 1.14. The average Bonchev–Trinajstić information content (AvgIpc) is 2.26. The lowest BCUT2D eigenvalue weighted by Crippen LogP contribution is -2.43. The minimum atomic E-state index is -0.515. The van der Waals surface area contributed by atoms with E-state index in [1.54, 1.807) is 0 Å². The lowest BCUT2D eigenvalue weighted by molar-refractivity contribution is -0.121. The van der Waals surface area contributed by atoms with Gasteiger partial charge in [-0.25, -0.2) is 4.39 Å². The molecule has 0 saturated carbocycles. The monoisotopic (exact) mass is 221 g/mol. The molecule has 0 radical (unpaired) electrons. The van der Waals surface area contributed by atoms with Gasteiger partial charge in [0.2, 0.25) is 0 Å². The van der Waals surface area contributed by atoms with Crippen molar-refractivity contribution in [3.05, 3.63) is 23.5 Å². The van der Waals surface area contributed by atoms with Crippen LogP contribution in [0, 0.1) is 5.82 Å². The summed E-state index contributed by atoms with van der Waals surface area (Å²) >= 11 is 0. The summed E-state index contributed by atoms with van der Waals surface area (Å²) in [4.78, 5) is 24.7. The van der Waals surface area contributed by atoms with Crippen molar-refractivity contribution in [2.75, 3.05) is 18.1 Å². The first kappa shape index (κ1) is 9.33. The smallest absolute Gasteiger partial charge is 0.265 e. The summed E-state index contributed by atoms with van der Waals surface area (Å²) in [6.07, 6.45) is 0.238. The third-order valence-electron chi connectivity index (χ3n) is 2.82. The molecule has 0 unspecified atom stereocenters. The molecule has 0 fully saturated rings. The predicted molar refractivity (Wildman–Crippen MR) is 53.2 cm³/mol. The average molecular weight is 221 g/mol. The van der Waals surface area contributed by atoms with Crippen LogP contribution in [0.15, 0.2) is 12.1 Å². The van der Waals surface area contributed by atoms with Gasteiger partial charge >= 0.3 is 0 Å². The fraction of sp³-hybridized carbons (Fsp3) is 0.273. The predicted octanol–water partition coefficient (Wildman–Crippen LogP) is 1.14. The molecule has 16 heavy (non-hydrogen) atoms. The van der Waals surface area contributed by atoms with E-state index in [9.17, 15) is 14.0 Å². The Hall–Kier alpha value is -1.91. The van der Waals surface area contributed by atoms with E-state index in [0.29, 0.717) is 12.2 Å². The highest BCUT2D eigenvalue weighted by Gasteiger charge is 2.34. The summed E-state index contributed by atoms with van der Waals surface area (Å²) < 4.78 is 18.4. The molecule has 0 saturated heterocycles. The molecule has 82 valence electrons. The van der Waals surface area contributed by atoms with Crippen LogP contribution in [0.25, 0.3) is 0 Å². The number of benzene rings is 1. The molecule has 1 aromatic rings. The fourth-order valence-electron chi connectivity index (χ4n) is 2.10. The number of ether oxygens (including phenoxy) is 1. The molecular formula is C11H8FNO3. The normalized spacial score (nSPS) is 18.2. The number of nitrogens with zero attached hydrogens (tertiary/aromatic N) is 1. The van der Waals surface area contributed by atoms with Crippen molar-refractivity contribution in [1.82, 2.24) is 0 Å². The zero-order chi connectivity index (χ0) is 11.3. The van der Waals surface area contributed by atoms with Crippen molar-refractivity contribution in [3.8, 4) is 5.75 Å². The van der Waals surface area contributed by atoms with Crippen molar-refractivity contribution >= 4 is 17.4 Å². The van der Waals surface area contributed by atoms with E-state index in [1.165, 1.54) is 11.0 Å². The molecule has 2 heterocycles. The highest BCUT2D eigenvalue weighted by Crippen LogP contribution is 2.39. The maximum atomic E-state index is 13.2. The van der Waals surface area contributed by atoms with Gasteiger partial charge in [0.15, 0.2) is 12.4 Å². The number of hydrogen-bond donors (Lipinski definition) is 0. The topological polar surface area (TPSA) is 46.6 Å². The van der Waals surface area contributed by atoms with Crippen LogP contribution in [0.5, 0.6) is 5.75 Å². The molecule has 4 nitrogen and oxygen atoms in total. The molecule has 2 aliphatic rings. The summed E-state index contributed by atoms with van der Waals surface area (Å²) in [6, 6.07) is 2.37. The summed E-state index contributed by atoms with van der Waals surface area (Å²) in [6.45, 7) is 0.261. The Morgan fingerprint density at radius 1 is 1.31 bits per heavy atom. The fourth-order valence-corrected chi connectivity index (χ4v) is 2.10. The Balaban J connectivity index is 2.28. The van der Waals surface area contributed by atoms with Crippen LogP contribution in [0.2, 0.25) is 0 Å². The van der Waals surface area contributed by atoms with Crippen molar-refractivity contribution in [1.29, 1.82) is 0 Å². The van der Waals surface area contributed by atoms with Gasteiger partial charge in [-0.05, 0) is 6.07 Å². The molecule has 3 rings (SSSR count). The Labute approximate surface area is 90.6 Å². The van der Waals surface area contributed by atoms with Crippen molar-refractivity contribution in [2.24, 2.45) is 0 Å². The molecule has 1 amide bonds. The van der Waals surface area contributed by atoms with Crippen LogP contribution in [-0.4, -0.2) is 24.8 Å². The van der Waals surface area contributed by atoms with Crippen LogP contribution in [0.3, 0.4) is 0 Å². The SMILES string of the molecule is O=C1CCN2C(=O)COc3cc(F)cc1c32. The number of halogens is 1. The Kier molecular flexibility index (Phi) is 1.77. The summed E-state index contributed by atoms with van der Waals surface area (Å²) in [7, 11) is 0. The minimum Gasteiger partial charge on any atom is -0.481 e. The van der Waals surface area contributed by atoms with Crippen molar-refractivity contribution in [3.63, 3.8) is 0 Å². The van der Waals surface area contributed by atoms with Crippen LogP contribution in [0.4, 0.5) is 10.1 Å². The summed E-state index contributed by atoms with van der Waals surface area (Å²) in [5, 5.41) is 0. The van der Waals surface area contributed by atoms with E-state index in [2.05, 4.69) is 0 Å². The number of ketones is 1. The van der Waals surface area contributed by atoms with Gasteiger partial charge in [0.05, 0.1) is 5.69 Å². The molecule has 2 aliphatic heterocycles. The number of Topliss-reactive ketones (excluding diaryl/α,β-unsaturated/α-hetero) is 1. The highest BCUT2D eigenvalue weighted by atomic mass is 19.1. The van der Waals surface area contributed by atoms with Gasteiger partial charge in [0.25, 0.3) is 5.91 Å². The lowest BCUT2D eigenvalue weighted by atomic mass is 9.98. The second-order valence-corrected chi connectivity index (χ2v) is 3.81.